The second kappa shape index (κ2) is 4.62. The Labute approximate surface area is 101 Å². The van der Waals surface area contributed by atoms with Crippen molar-refractivity contribution in [2.45, 2.75) is 20.8 Å². The first kappa shape index (κ1) is 11.7. The molecule has 3 heteroatoms. The van der Waals surface area contributed by atoms with Crippen molar-refractivity contribution in [3.05, 3.63) is 35.5 Å². The van der Waals surface area contributed by atoms with Crippen LogP contribution in [0.1, 0.15) is 29.9 Å². The van der Waals surface area contributed by atoms with E-state index < -0.39 is 0 Å². The maximum atomic E-state index is 12.2. The Hall–Kier alpha value is -1.77. The Balaban J connectivity index is 2.43. The van der Waals surface area contributed by atoms with Gasteiger partial charge < -0.3 is 9.88 Å². The predicted molar refractivity (Wildman–Crippen MR) is 70.3 cm³/mol. The van der Waals surface area contributed by atoms with Gasteiger partial charge in [0.05, 0.1) is 0 Å². The molecule has 0 unspecified atom stereocenters. The van der Waals surface area contributed by atoms with Gasteiger partial charge in [-0.3, -0.25) is 4.79 Å². The van der Waals surface area contributed by atoms with Crippen LogP contribution in [0.4, 0.5) is 0 Å². The summed E-state index contributed by atoms with van der Waals surface area (Å²) in [6, 6.07) is 8.02. The van der Waals surface area contributed by atoms with E-state index in [2.05, 4.69) is 4.98 Å². The molecule has 1 heterocycles. The molecule has 90 valence electrons. The fourth-order valence-corrected chi connectivity index (χ4v) is 2.10. The van der Waals surface area contributed by atoms with Crippen LogP contribution in [0.5, 0.6) is 0 Å². The monoisotopic (exact) mass is 230 g/mol. The normalized spacial score (nSPS) is 10.8. The molecule has 0 saturated carbocycles. The Bertz CT molecular complexity index is 538. The summed E-state index contributed by atoms with van der Waals surface area (Å²) in [7, 11) is 0. The van der Waals surface area contributed by atoms with Crippen LogP contribution in [0, 0.1) is 6.92 Å². The van der Waals surface area contributed by atoms with Crippen LogP contribution in [0.25, 0.3) is 10.9 Å². The van der Waals surface area contributed by atoms with Gasteiger partial charge in [0.2, 0.25) is 0 Å². The molecule has 0 aliphatic rings. The van der Waals surface area contributed by atoms with Crippen LogP contribution in [0.15, 0.2) is 24.3 Å². The van der Waals surface area contributed by atoms with Crippen molar-refractivity contribution in [3.63, 3.8) is 0 Å². The lowest BCUT2D eigenvalue weighted by Crippen LogP contribution is -2.30. The molecule has 17 heavy (non-hydrogen) atoms. The topological polar surface area (TPSA) is 36.1 Å². The minimum atomic E-state index is 0.0746. The van der Waals surface area contributed by atoms with Crippen molar-refractivity contribution in [3.8, 4) is 0 Å². The molecule has 3 nitrogen and oxygen atoms in total. The number of nitrogens with zero attached hydrogens (tertiary/aromatic N) is 1. The average Bonchev–Trinajstić information content (AvgIpc) is 2.76. The number of benzene rings is 1. The van der Waals surface area contributed by atoms with E-state index in [1.165, 1.54) is 5.56 Å². The van der Waals surface area contributed by atoms with Crippen molar-refractivity contribution >= 4 is 16.8 Å². The van der Waals surface area contributed by atoms with Crippen molar-refractivity contribution in [1.29, 1.82) is 0 Å². The Morgan fingerprint density at radius 2 is 2.00 bits per heavy atom. The van der Waals surface area contributed by atoms with E-state index in [-0.39, 0.29) is 5.91 Å². The molecule has 2 rings (SSSR count). The fraction of sp³-hybridized carbons (Fsp3) is 0.357. The number of aromatic amines is 1. The van der Waals surface area contributed by atoms with Crippen LogP contribution in [0.3, 0.4) is 0 Å². The van der Waals surface area contributed by atoms with E-state index in [1.54, 1.807) is 0 Å². The van der Waals surface area contributed by atoms with Gasteiger partial charge in [0, 0.05) is 24.0 Å². The van der Waals surface area contributed by atoms with E-state index in [1.807, 2.05) is 49.9 Å². The Morgan fingerprint density at radius 1 is 1.29 bits per heavy atom. The maximum Gasteiger partial charge on any atom is 0.270 e. The van der Waals surface area contributed by atoms with Crippen LogP contribution >= 0.6 is 0 Å². The summed E-state index contributed by atoms with van der Waals surface area (Å²) >= 11 is 0. The number of rotatable bonds is 3. The maximum absolute atomic E-state index is 12.2. The largest absolute Gasteiger partial charge is 0.350 e. The third-order valence-corrected chi connectivity index (χ3v) is 3.15. The molecule has 0 aliphatic carbocycles. The second-order valence-corrected chi connectivity index (χ2v) is 4.20. The SMILES string of the molecule is CCN(CC)C(=O)c1cc2cccc(C)c2[nH]1. The van der Waals surface area contributed by atoms with Crippen molar-refractivity contribution < 1.29 is 4.79 Å². The molecule has 0 spiro atoms. The quantitative estimate of drug-likeness (QED) is 0.864. The highest BCUT2D eigenvalue weighted by Crippen LogP contribution is 2.19. The van der Waals surface area contributed by atoms with Crippen LogP contribution in [0.2, 0.25) is 0 Å². The number of aryl methyl sites for hydroxylation is 1. The zero-order chi connectivity index (χ0) is 12.4. The Morgan fingerprint density at radius 3 is 2.59 bits per heavy atom. The molecule has 0 atom stereocenters. The number of hydrogen-bond acceptors (Lipinski definition) is 1. The summed E-state index contributed by atoms with van der Waals surface area (Å²) in [6.45, 7) is 7.52. The summed E-state index contributed by atoms with van der Waals surface area (Å²) in [4.78, 5) is 17.2. The van der Waals surface area contributed by atoms with E-state index in [9.17, 15) is 4.79 Å². The van der Waals surface area contributed by atoms with Gasteiger partial charge in [-0.05, 0) is 32.4 Å². The van der Waals surface area contributed by atoms with E-state index in [4.69, 9.17) is 0 Å². The van der Waals surface area contributed by atoms with Crippen LogP contribution < -0.4 is 0 Å². The van der Waals surface area contributed by atoms with Crippen molar-refractivity contribution in [2.24, 2.45) is 0 Å². The highest BCUT2D eigenvalue weighted by molar-refractivity contribution is 5.98. The van der Waals surface area contributed by atoms with Gasteiger partial charge >= 0.3 is 0 Å². The molecule has 0 fully saturated rings. The van der Waals surface area contributed by atoms with Gasteiger partial charge in [-0.1, -0.05) is 18.2 Å². The molecule has 1 amide bonds. The highest BCUT2D eigenvalue weighted by Gasteiger charge is 2.15. The molecule has 1 aromatic heterocycles. The van der Waals surface area contributed by atoms with Gasteiger partial charge in [-0.2, -0.15) is 0 Å². The number of hydrogen-bond donors (Lipinski definition) is 1. The smallest absolute Gasteiger partial charge is 0.270 e. The lowest BCUT2D eigenvalue weighted by molar-refractivity contribution is 0.0768. The summed E-state index contributed by atoms with van der Waals surface area (Å²) < 4.78 is 0. The molecule has 1 N–H and O–H groups in total. The Kier molecular flexibility index (Phi) is 3.18. The summed E-state index contributed by atoms with van der Waals surface area (Å²) in [6.07, 6.45) is 0. The number of carbonyl (C=O) groups excluding carboxylic acids is 1. The molecular formula is C14H18N2O. The molecule has 1 aromatic carbocycles. The number of fused-ring (bicyclic) bond motifs is 1. The zero-order valence-corrected chi connectivity index (χ0v) is 10.6. The first-order valence-electron chi connectivity index (χ1n) is 6.05. The van der Waals surface area contributed by atoms with E-state index >= 15 is 0 Å². The average molecular weight is 230 g/mol. The zero-order valence-electron chi connectivity index (χ0n) is 10.6. The third-order valence-electron chi connectivity index (χ3n) is 3.15. The molecule has 0 bridgehead atoms. The number of para-hydroxylation sites is 1. The highest BCUT2D eigenvalue weighted by atomic mass is 16.2. The van der Waals surface area contributed by atoms with Crippen molar-refractivity contribution in [2.75, 3.05) is 13.1 Å². The van der Waals surface area contributed by atoms with Gasteiger partial charge in [0.15, 0.2) is 0 Å². The number of carbonyl (C=O) groups is 1. The standard InChI is InChI=1S/C14H18N2O/c1-4-16(5-2)14(17)12-9-11-8-6-7-10(3)13(11)15-12/h6-9,15H,4-5H2,1-3H3. The van der Waals surface area contributed by atoms with Crippen LogP contribution in [-0.4, -0.2) is 28.9 Å². The lowest BCUT2D eigenvalue weighted by Gasteiger charge is -2.17. The number of aromatic nitrogens is 1. The third kappa shape index (κ3) is 2.05. The number of nitrogens with one attached hydrogen (secondary N) is 1. The van der Waals surface area contributed by atoms with E-state index in [0.29, 0.717) is 5.69 Å². The predicted octanol–water partition coefficient (Wildman–Crippen LogP) is 2.96. The molecular weight excluding hydrogens is 212 g/mol. The fourth-order valence-electron chi connectivity index (χ4n) is 2.10. The molecule has 0 aliphatic heterocycles. The number of H-pyrrole nitrogens is 1. The first-order chi connectivity index (χ1) is 8.17. The number of amides is 1. The molecule has 0 radical (unpaired) electrons. The molecule has 0 saturated heterocycles. The van der Waals surface area contributed by atoms with Gasteiger partial charge in [-0.25, -0.2) is 0 Å². The van der Waals surface area contributed by atoms with Gasteiger partial charge in [-0.15, -0.1) is 0 Å². The van der Waals surface area contributed by atoms with Gasteiger partial charge in [0.25, 0.3) is 5.91 Å². The minimum Gasteiger partial charge on any atom is -0.350 e. The lowest BCUT2D eigenvalue weighted by atomic mass is 10.2. The molecule has 2 aromatic rings. The van der Waals surface area contributed by atoms with Crippen molar-refractivity contribution in [1.82, 2.24) is 9.88 Å². The van der Waals surface area contributed by atoms with Crippen LogP contribution in [-0.2, 0) is 0 Å². The summed E-state index contributed by atoms with van der Waals surface area (Å²) in [5.41, 5.74) is 2.90. The van der Waals surface area contributed by atoms with E-state index in [0.717, 1.165) is 24.0 Å². The summed E-state index contributed by atoms with van der Waals surface area (Å²) in [5, 5.41) is 1.10. The van der Waals surface area contributed by atoms with Gasteiger partial charge in [0.1, 0.15) is 5.69 Å². The minimum absolute atomic E-state index is 0.0746. The first-order valence-corrected chi connectivity index (χ1v) is 6.05. The summed E-state index contributed by atoms with van der Waals surface area (Å²) in [5.74, 6) is 0.0746. The second-order valence-electron chi connectivity index (χ2n) is 4.20.